The Morgan fingerprint density at radius 3 is 2.90 bits per heavy atom. The molecule has 1 aromatic heterocycles. The van der Waals surface area contributed by atoms with Crippen molar-refractivity contribution >= 4 is 17.5 Å². The van der Waals surface area contributed by atoms with Crippen molar-refractivity contribution in [3.63, 3.8) is 0 Å². The van der Waals surface area contributed by atoms with Crippen molar-refractivity contribution in [3.8, 4) is 5.75 Å². The number of imidazole rings is 1. The molecule has 3 rings (SSSR count). The Labute approximate surface area is 122 Å². The number of nitrogens with zero attached hydrogens (tertiary/aromatic N) is 2. The summed E-state index contributed by atoms with van der Waals surface area (Å²) in [5.41, 5.74) is 1.30. The molecule has 1 aromatic carbocycles. The monoisotopic (exact) mass is 288 g/mol. The molecule has 0 spiro atoms. The van der Waals surface area contributed by atoms with E-state index in [2.05, 4.69) is 4.98 Å². The van der Waals surface area contributed by atoms with E-state index >= 15 is 0 Å². The van der Waals surface area contributed by atoms with Gasteiger partial charge in [-0.3, -0.25) is 4.79 Å². The van der Waals surface area contributed by atoms with Gasteiger partial charge < -0.3 is 9.30 Å². The van der Waals surface area contributed by atoms with Crippen molar-refractivity contribution in [2.45, 2.75) is 23.8 Å². The molecular formula is C15H16N2O2S. The van der Waals surface area contributed by atoms with E-state index in [4.69, 9.17) is 4.74 Å². The second-order valence-electron chi connectivity index (χ2n) is 4.82. The van der Waals surface area contributed by atoms with E-state index in [-0.39, 0.29) is 5.78 Å². The highest BCUT2D eigenvalue weighted by Crippen LogP contribution is 2.36. The summed E-state index contributed by atoms with van der Waals surface area (Å²) < 4.78 is 7.32. The second kappa shape index (κ2) is 5.32. The van der Waals surface area contributed by atoms with Crippen LogP contribution in [0.3, 0.4) is 0 Å². The van der Waals surface area contributed by atoms with Gasteiger partial charge in [0.05, 0.1) is 19.6 Å². The Bertz CT molecular complexity index is 647. The van der Waals surface area contributed by atoms with Crippen LogP contribution in [0.15, 0.2) is 35.6 Å². The first-order chi connectivity index (χ1) is 9.74. The van der Waals surface area contributed by atoms with Crippen molar-refractivity contribution < 1.29 is 9.53 Å². The lowest BCUT2D eigenvalue weighted by atomic mass is 10.1. The summed E-state index contributed by atoms with van der Waals surface area (Å²) >= 11 is 1.60. The quantitative estimate of drug-likeness (QED) is 0.626. The largest absolute Gasteiger partial charge is 0.496 e. The zero-order chi connectivity index (χ0) is 14.1. The number of carbonyl (C=O) groups is 1. The smallest absolute Gasteiger partial charge is 0.211 e. The summed E-state index contributed by atoms with van der Waals surface area (Å²) in [6, 6.07) is 6.03. The van der Waals surface area contributed by atoms with Crippen molar-refractivity contribution in [1.82, 2.24) is 9.55 Å². The van der Waals surface area contributed by atoms with E-state index in [1.165, 1.54) is 0 Å². The van der Waals surface area contributed by atoms with Crippen LogP contribution in [-0.4, -0.2) is 28.7 Å². The van der Waals surface area contributed by atoms with E-state index in [9.17, 15) is 4.79 Å². The molecule has 0 amide bonds. The van der Waals surface area contributed by atoms with Gasteiger partial charge in [-0.1, -0.05) is 0 Å². The summed E-state index contributed by atoms with van der Waals surface area (Å²) in [5, 5.41) is 0. The summed E-state index contributed by atoms with van der Waals surface area (Å²) in [7, 11) is 1.62. The molecule has 0 atom stereocenters. The van der Waals surface area contributed by atoms with Crippen LogP contribution in [0.5, 0.6) is 5.75 Å². The molecule has 4 nitrogen and oxygen atoms in total. The van der Waals surface area contributed by atoms with Gasteiger partial charge in [0.2, 0.25) is 5.78 Å². The predicted molar refractivity (Wildman–Crippen MR) is 78.7 cm³/mol. The molecule has 0 bridgehead atoms. The van der Waals surface area contributed by atoms with E-state index in [0.29, 0.717) is 17.3 Å². The van der Waals surface area contributed by atoms with Crippen LogP contribution in [-0.2, 0) is 0 Å². The Balaban J connectivity index is 1.95. The number of ether oxygens (including phenoxy) is 1. The molecular weight excluding hydrogens is 272 g/mol. The van der Waals surface area contributed by atoms with Gasteiger partial charge in [-0.2, -0.15) is 0 Å². The first kappa shape index (κ1) is 13.2. The van der Waals surface area contributed by atoms with Gasteiger partial charge in [-0.15, -0.1) is 11.8 Å². The first-order valence-corrected chi connectivity index (χ1v) is 7.75. The fraction of sp³-hybridized carbons (Fsp3) is 0.333. The van der Waals surface area contributed by atoms with E-state index < -0.39 is 0 Å². The third-order valence-corrected chi connectivity index (χ3v) is 4.26. The standard InChI is InChI=1S/C15H16N2O2S/c1-19-13-7-10(3-6-14(13)20-2)15(18)12-8-16-9-17(12)11-4-5-11/h3,6-9,11H,4-5H2,1-2H3. The number of carbonyl (C=O) groups excluding carboxylic acids is 1. The molecule has 104 valence electrons. The third-order valence-electron chi connectivity index (χ3n) is 3.48. The second-order valence-corrected chi connectivity index (χ2v) is 5.66. The van der Waals surface area contributed by atoms with Crippen LogP contribution < -0.4 is 4.74 Å². The molecule has 1 aliphatic rings. The Morgan fingerprint density at radius 1 is 1.45 bits per heavy atom. The average molecular weight is 288 g/mol. The van der Waals surface area contributed by atoms with Crippen molar-refractivity contribution in [1.29, 1.82) is 0 Å². The van der Waals surface area contributed by atoms with Crippen LogP contribution in [0, 0.1) is 0 Å². The maximum absolute atomic E-state index is 12.6. The molecule has 0 radical (unpaired) electrons. The minimum atomic E-state index is 0.000327. The maximum atomic E-state index is 12.6. The molecule has 0 N–H and O–H groups in total. The SMILES string of the molecule is COc1cc(C(=O)c2cncn2C2CC2)ccc1SC. The van der Waals surface area contributed by atoms with E-state index in [1.807, 2.05) is 23.0 Å². The summed E-state index contributed by atoms with van der Waals surface area (Å²) in [6.45, 7) is 0. The molecule has 5 heteroatoms. The average Bonchev–Trinajstić information content (AvgIpc) is 3.22. The summed E-state index contributed by atoms with van der Waals surface area (Å²) in [4.78, 5) is 17.7. The van der Waals surface area contributed by atoms with Gasteiger partial charge in [0, 0.05) is 16.5 Å². The lowest BCUT2D eigenvalue weighted by molar-refractivity contribution is 0.102. The molecule has 1 fully saturated rings. The molecule has 1 aliphatic carbocycles. The first-order valence-electron chi connectivity index (χ1n) is 6.53. The zero-order valence-electron chi connectivity index (χ0n) is 11.5. The zero-order valence-corrected chi connectivity index (χ0v) is 12.3. The van der Waals surface area contributed by atoms with Crippen molar-refractivity contribution in [2.75, 3.05) is 13.4 Å². The molecule has 1 heterocycles. The Morgan fingerprint density at radius 2 is 2.25 bits per heavy atom. The number of ketones is 1. The summed E-state index contributed by atoms with van der Waals surface area (Å²) in [5.74, 6) is 0.737. The molecule has 1 saturated carbocycles. The molecule has 0 aliphatic heterocycles. The van der Waals surface area contributed by atoms with Gasteiger partial charge in [-0.05, 0) is 37.3 Å². The Kier molecular flexibility index (Phi) is 3.53. The summed E-state index contributed by atoms with van der Waals surface area (Å²) in [6.07, 6.45) is 7.65. The normalized spacial score (nSPS) is 14.3. The number of hydrogen-bond acceptors (Lipinski definition) is 4. The highest BCUT2D eigenvalue weighted by atomic mass is 32.2. The fourth-order valence-electron chi connectivity index (χ4n) is 2.25. The van der Waals surface area contributed by atoms with E-state index in [0.717, 1.165) is 23.5 Å². The molecule has 0 saturated heterocycles. The van der Waals surface area contributed by atoms with Gasteiger partial charge in [0.1, 0.15) is 11.4 Å². The molecule has 2 aromatic rings. The third kappa shape index (κ3) is 2.33. The lowest BCUT2D eigenvalue weighted by Gasteiger charge is -2.09. The predicted octanol–water partition coefficient (Wildman–Crippen LogP) is 3.18. The highest BCUT2D eigenvalue weighted by molar-refractivity contribution is 7.98. The molecule has 20 heavy (non-hydrogen) atoms. The maximum Gasteiger partial charge on any atom is 0.211 e. The van der Waals surface area contributed by atoms with Crippen molar-refractivity contribution in [2.24, 2.45) is 0 Å². The number of thioether (sulfide) groups is 1. The van der Waals surface area contributed by atoms with Crippen LogP contribution in [0.1, 0.15) is 34.9 Å². The number of benzene rings is 1. The number of rotatable bonds is 5. The van der Waals surface area contributed by atoms with Crippen LogP contribution in [0.25, 0.3) is 0 Å². The Hall–Kier alpha value is -1.75. The van der Waals surface area contributed by atoms with Crippen LogP contribution in [0.2, 0.25) is 0 Å². The highest BCUT2D eigenvalue weighted by Gasteiger charge is 2.27. The number of methoxy groups -OCH3 is 1. The minimum Gasteiger partial charge on any atom is -0.496 e. The van der Waals surface area contributed by atoms with Crippen LogP contribution in [0.4, 0.5) is 0 Å². The fourth-order valence-corrected chi connectivity index (χ4v) is 2.80. The molecule has 0 unspecified atom stereocenters. The van der Waals surface area contributed by atoms with E-state index in [1.54, 1.807) is 37.5 Å². The van der Waals surface area contributed by atoms with Crippen LogP contribution >= 0.6 is 11.8 Å². The number of aromatic nitrogens is 2. The van der Waals surface area contributed by atoms with Gasteiger partial charge in [0.25, 0.3) is 0 Å². The van der Waals surface area contributed by atoms with Gasteiger partial charge in [0.15, 0.2) is 0 Å². The van der Waals surface area contributed by atoms with Gasteiger partial charge >= 0.3 is 0 Å². The lowest BCUT2D eigenvalue weighted by Crippen LogP contribution is -2.09. The van der Waals surface area contributed by atoms with Crippen molar-refractivity contribution in [3.05, 3.63) is 42.0 Å². The topological polar surface area (TPSA) is 44.1 Å². The minimum absolute atomic E-state index is 0.000327. The number of hydrogen-bond donors (Lipinski definition) is 0. The van der Waals surface area contributed by atoms with Gasteiger partial charge in [-0.25, -0.2) is 4.98 Å².